The van der Waals surface area contributed by atoms with Crippen LogP contribution in [0.5, 0.6) is 11.5 Å². The van der Waals surface area contributed by atoms with Crippen LogP contribution in [0.4, 0.5) is 0 Å². The van der Waals surface area contributed by atoms with Crippen LogP contribution in [0.2, 0.25) is 5.02 Å². The Hall–Kier alpha value is -4.10. The summed E-state index contributed by atoms with van der Waals surface area (Å²) in [7, 11) is 1.42. The van der Waals surface area contributed by atoms with Gasteiger partial charge >= 0.3 is 11.9 Å². The number of hydroxylamine groups is 1. The van der Waals surface area contributed by atoms with Crippen LogP contribution in [0, 0.1) is 0 Å². The monoisotopic (exact) mass is 492 g/mol. The lowest BCUT2D eigenvalue weighted by Gasteiger charge is -2.09. The van der Waals surface area contributed by atoms with Crippen molar-refractivity contribution in [2.24, 2.45) is 0 Å². The van der Waals surface area contributed by atoms with Crippen molar-refractivity contribution < 1.29 is 33.7 Å². The molecular formula is C27H23ClNO6+. The van der Waals surface area contributed by atoms with E-state index in [1.54, 1.807) is 49.4 Å². The maximum atomic E-state index is 13.0. The molecule has 4 rings (SSSR count). The minimum atomic E-state index is -0.612. The first-order valence-electron chi connectivity index (χ1n) is 10.9. The molecule has 0 bridgehead atoms. The molecule has 3 aromatic carbocycles. The van der Waals surface area contributed by atoms with Crippen LogP contribution in [-0.4, -0.2) is 47.9 Å². The highest BCUT2D eigenvalue weighted by Crippen LogP contribution is 2.40. The van der Waals surface area contributed by atoms with E-state index in [0.717, 1.165) is 10.3 Å². The van der Waals surface area contributed by atoms with E-state index in [0.29, 0.717) is 27.5 Å². The van der Waals surface area contributed by atoms with Gasteiger partial charge in [-0.15, -0.1) is 0 Å². The van der Waals surface area contributed by atoms with Crippen molar-refractivity contribution in [2.75, 3.05) is 20.3 Å². The fourth-order valence-corrected chi connectivity index (χ4v) is 3.99. The SMILES string of the molecule is CCOC(=O)C1=C(c2ccccc2)c2ccc(OC(=O)COc3ccc(Cl)cc3)cc2/C1=[N+](/C)O. The molecule has 0 saturated heterocycles. The Bertz CT molecular complexity index is 1330. The van der Waals surface area contributed by atoms with Gasteiger partial charge in [-0.1, -0.05) is 41.9 Å². The molecule has 178 valence electrons. The number of halogens is 1. The van der Waals surface area contributed by atoms with E-state index in [9.17, 15) is 14.8 Å². The molecule has 0 amide bonds. The molecule has 0 fully saturated rings. The van der Waals surface area contributed by atoms with Gasteiger partial charge in [-0.05, 0) is 65.3 Å². The Morgan fingerprint density at radius 1 is 0.943 bits per heavy atom. The molecule has 1 N–H and O–H groups in total. The number of esters is 2. The number of nitrogens with zero attached hydrogens (tertiary/aromatic N) is 1. The van der Waals surface area contributed by atoms with Crippen LogP contribution in [0.1, 0.15) is 23.6 Å². The van der Waals surface area contributed by atoms with Crippen LogP contribution >= 0.6 is 11.6 Å². The third-order valence-electron chi connectivity index (χ3n) is 5.27. The van der Waals surface area contributed by atoms with E-state index in [1.807, 2.05) is 30.3 Å². The number of hydrogen-bond donors (Lipinski definition) is 1. The van der Waals surface area contributed by atoms with E-state index in [-0.39, 0.29) is 30.2 Å². The average molecular weight is 493 g/mol. The van der Waals surface area contributed by atoms with E-state index in [2.05, 4.69) is 0 Å². The molecule has 0 radical (unpaired) electrons. The minimum Gasteiger partial charge on any atom is -0.482 e. The Labute approximate surface area is 207 Å². The number of rotatable bonds is 7. The zero-order chi connectivity index (χ0) is 24.9. The van der Waals surface area contributed by atoms with Gasteiger partial charge in [0, 0.05) is 10.6 Å². The van der Waals surface area contributed by atoms with E-state index >= 15 is 0 Å². The van der Waals surface area contributed by atoms with Crippen LogP contribution in [0.15, 0.2) is 78.4 Å². The molecular weight excluding hydrogens is 470 g/mol. The van der Waals surface area contributed by atoms with Crippen molar-refractivity contribution in [3.05, 3.63) is 100 Å². The zero-order valence-electron chi connectivity index (χ0n) is 19.2. The number of hydrogen-bond acceptors (Lipinski definition) is 6. The number of fused-ring (bicyclic) bond motifs is 1. The predicted molar refractivity (Wildman–Crippen MR) is 130 cm³/mol. The fraction of sp³-hybridized carbons (Fsp3) is 0.148. The summed E-state index contributed by atoms with van der Waals surface area (Å²) >= 11 is 5.86. The number of benzene rings is 3. The first-order valence-corrected chi connectivity index (χ1v) is 11.3. The first-order chi connectivity index (χ1) is 16.9. The molecule has 3 aromatic rings. The quantitative estimate of drug-likeness (QED) is 0.171. The van der Waals surface area contributed by atoms with Gasteiger partial charge in [0.1, 0.15) is 17.1 Å². The van der Waals surface area contributed by atoms with Crippen molar-refractivity contribution in [1.29, 1.82) is 0 Å². The van der Waals surface area contributed by atoms with Crippen molar-refractivity contribution in [3.63, 3.8) is 0 Å². The Kier molecular flexibility index (Phi) is 7.17. The van der Waals surface area contributed by atoms with Gasteiger partial charge in [-0.25, -0.2) is 9.59 Å². The Balaban J connectivity index is 1.65. The second kappa shape index (κ2) is 10.4. The van der Waals surface area contributed by atoms with Crippen LogP contribution in [0.3, 0.4) is 0 Å². The molecule has 0 heterocycles. The van der Waals surface area contributed by atoms with Crippen molar-refractivity contribution in [2.45, 2.75) is 6.92 Å². The summed E-state index contributed by atoms with van der Waals surface area (Å²) in [5.74, 6) is -0.453. The maximum absolute atomic E-state index is 13.0. The fourth-order valence-electron chi connectivity index (χ4n) is 3.87. The summed E-state index contributed by atoms with van der Waals surface area (Å²) in [6, 6.07) is 20.9. The summed E-state index contributed by atoms with van der Waals surface area (Å²) in [6.07, 6.45) is 0. The summed E-state index contributed by atoms with van der Waals surface area (Å²) in [6.45, 7) is 1.59. The molecule has 8 heteroatoms. The van der Waals surface area contributed by atoms with Gasteiger partial charge in [0.2, 0.25) is 0 Å². The van der Waals surface area contributed by atoms with Crippen LogP contribution in [-0.2, 0) is 14.3 Å². The molecule has 0 atom stereocenters. The van der Waals surface area contributed by atoms with Gasteiger partial charge in [-0.2, -0.15) is 0 Å². The van der Waals surface area contributed by atoms with Crippen molar-refractivity contribution in [1.82, 2.24) is 0 Å². The Morgan fingerprint density at radius 3 is 2.29 bits per heavy atom. The third kappa shape index (κ3) is 5.20. The second-order valence-electron chi connectivity index (χ2n) is 7.63. The smallest absolute Gasteiger partial charge is 0.349 e. The largest absolute Gasteiger partial charge is 0.482 e. The van der Waals surface area contributed by atoms with Crippen LogP contribution in [0.25, 0.3) is 5.57 Å². The van der Waals surface area contributed by atoms with E-state index < -0.39 is 11.9 Å². The lowest BCUT2D eigenvalue weighted by Crippen LogP contribution is -2.22. The highest BCUT2D eigenvalue weighted by Gasteiger charge is 2.40. The highest BCUT2D eigenvalue weighted by atomic mass is 35.5. The molecule has 0 unspecified atom stereocenters. The van der Waals surface area contributed by atoms with Gasteiger partial charge in [0.15, 0.2) is 13.7 Å². The summed E-state index contributed by atoms with van der Waals surface area (Å²) in [5, 5.41) is 11.0. The molecule has 0 aromatic heterocycles. The molecule has 1 aliphatic rings. The summed E-state index contributed by atoms with van der Waals surface area (Å²) in [4.78, 5) is 25.4. The molecule has 7 nitrogen and oxygen atoms in total. The molecule has 1 aliphatic carbocycles. The van der Waals surface area contributed by atoms with Crippen LogP contribution < -0.4 is 9.47 Å². The number of ether oxygens (including phenoxy) is 3. The van der Waals surface area contributed by atoms with Gasteiger partial charge < -0.3 is 14.2 Å². The standard InChI is InChI=1S/C27H23ClNO6/c1-3-33-27(31)25-24(17-7-5-4-6-8-17)21-14-13-20(15-22(21)26(25)29(2)32)35-23(30)16-34-19-11-9-18(28)10-12-19/h4-15,32H,3,16H2,1-2H3/q+1/b29-26+. The van der Waals surface area contributed by atoms with E-state index in [1.165, 1.54) is 7.05 Å². The minimum absolute atomic E-state index is 0.180. The van der Waals surface area contributed by atoms with Crippen molar-refractivity contribution in [3.8, 4) is 11.5 Å². The number of carbonyl (C=O) groups is 2. The summed E-state index contributed by atoms with van der Waals surface area (Å²) < 4.78 is 17.1. The van der Waals surface area contributed by atoms with Crippen molar-refractivity contribution >= 4 is 34.8 Å². The third-order valence-corrected chi connectivity index (χ3v) is 5.52. The van der Waals surface area contributed by atoms with Gasteiger partial charge in [0.05, 0.1) is 12.2 Å². The first kappa shape index (κ1) is 24.0. The topological polar surface area (TPSA) is 85.1 Å². The normalized spacial score (nSPS) is 13.8. The van der Waals surface area contributed by atoms with E-state index in [4.69, 9.17) is 25.8 Å². The predicted octanol–water partition coefficient (Wildman–Crippen LogP) is 4.52. The molecule has 35 heavy (non-hydrogen) atoms. The highest BCUT2D eigenvalue weighted by molar-refractivity contribution is 6.35. The zero-order valence-corrected chi connectivity index (χ0v) is 19.9. The number of carbonyl (C=O) groups excluding carboxylic acids is 2. The lowest BCUT2D eigenvalue weighted by atomic mass is 9.97. The maximum Gasteiger partial charge on any atom is 0.349 e. The van der Waals surface area contributed by atoms with Gasteiger partial charge in [0.25, 0.3) is 5.71 Å². The molecule has 0 saturated carbocycles. The molecule has 0 aliphatic heterocycles. The molecule has 0 spiro atoms. The average Bonchev–Trinajstić information content (AvgIpc) is 3.19. The Morgan fingerprint density at radius 2 is 1.63 bits per heavy atom. The summed E-state index contributed by atoms with van der Waals surface area (Å²) in [5.41, 5.74) is 3.13. The van der Waals surface area contributed by atoms with Gasteiger partial charge in [-0.3, -0.25) is 5.21 Å². The second-order valence-corrected chi connectivity index (χ2v) is 8.07. The lowest BCUT2D eigenvalue weighted by molar-refractivity contribution is -0.753.